The van der Waals surface area contributed by atoms with Gasteiger partial charge < -0.3 is 0 Å². The minimum absolute atomic E-state index is 0.175. The van der Waals surface area contributed by atoms with Gasteiger partial charge in [0.1, 0.15) is 0 Å². The van der Waals surface area contributed by atoms with Gasteiger partial charge in [-0.15, -0.1) is 11.8 Å². The second-order valence-electron chi connectivity index (χ2n) is 4.98. The molecule has 2 aromatic rings. The van der Waals surface area contributed by atoms with Crippen molar-refractivity contribution in [1.29, 1.82) is 0 Å². The van der Waals surface area contributed by atoms with Gasteiger partial charge in [-0.2, -0.15) is 0 Å². The van der Waals surface area contributed by atoms with Crippen LogP contribution in [0, 0.1) is 0 Å². The van der Waals surface area contributed by atoms with Crippen LogP contribution in [0.15, 0.2) is 60.7 Å². The fraction of sp³-hybridized carbons (Fsp3) is 0.294. The molecule has 0 N–H and O–H groups in total. The largest absolute Gasteiger partial charge is 0.258 e. The lowest BCUT2D eigenvalue weighted by molar-refractivity contribution is 0.673. The monoisotopic (exact) mass is 302 g/mol. The van der Waals surface area contributed by atoms with E-state index >= 15 is 0 Å². The molecule has 20 heavy (non-hydrogen) atoms. The summed E-state index contributed by atoms with van der Waals surface area (Å²) < 4.78 is 12.6. The Bertz CT molecular complexity index is 529. The fourth-order valence-corrected chi connectivity index (χ4v) is 6.36. The Balaban J connectivity index is 2.02. The van der Waals surface area contributed by atoms with E-state index in [4.69, 9.17) is 0 Å². The zero-order valence-electron chi connectivity index (χ0n) is 11.3. The molecule has 1 fully saturated rings. The molecule has 104 valence electrons. The summed E-state index contributed by atoms with van der Waals surface area (Å²) in [7, 11) is -0.746. The van der Waals surface area contributed by atoms with Crippen LogP contribution in [-0.4, -0.2) is 20.3 Å². The van der Waals surface area contributed by atoms with Crippen molar-refractivity contribution >= 4 is 22.6 Å². The third kappa shape index (κ3) is 2.99. The maximum Gasteiger partial charge on any atom is 0.0910 e. The van der Waals surface area contributed by atoms with E-state index in [-0.39, 0.29) is 10.5 Å². The summed E-state index contributed by atoms with van der Waals surface area (Å²) in [5, 5.41) is 0. The second kappa shape index (κ2) is 6.59. The van der Waals surface area contributed by atoms with E-state index in [0.29, 0.717) is 0 Å². The standard InChI is InChI=1S/C17H18OS2/c18-20-13-7-12-19-17(20)16(14-8-3-1-4-9-14)15-10-5-2-6-11-15/h1-6,8-11,16-17H,7,12-13H2/t17-,20?/m0/s1. The van der Waals surface area contributed by atoms with Gasteiger partial charge in [0, 0.05) is 22.5 Å². The van der Waals surface area contributed by atoms with Gasteiger partial charge in [0.05, 0.1) is 4.58 Å². The summed E-state index contributed by atoms with van der Waals surface area (Å²) in [6, 6.07) is 21.0. The molecule has 0 amide bonds. The first-order valence-corrected chi connectivity index (χ1v) is 9.38. The summed E-state index contributed by atoms with van der Waals surface area (Å²) in [5.74, 6) is 2.18. The summed E-state index contributed by atoms with van der Waals surface area (Å²) >= 11 is 1.87. The first-order valence-electron chi connectivity index (χ1n) is 6.95. The van der Waals surface area contributed by atoms with Crippen LogP contribution >= 0.6 is 11.8 Å². The van der Waals surface area contributed by atoms with Crippen molar-refractivity contribution in [2.75, 3.05) is 11.5 Å². The van der Waals surface area contributed by atoms with Gasteiger partial charge in [-0.1, -0.05) is 60.7 Å². The van der Waals surface area contributed by atoms with Crippen molar-refractivity contribution in [3.63, 3.8) is 0 Å². The molecule has 0 aliphatic carbocycles. The number of rotatable bonds is 3. The van der Waals surface area contributed by atoms with Crippen molar-refractivity contribution in [1.82, 2.24) is 0 Å². The Kier molecular flexibility index (Phi) is 4.58. The van der Waals surface area contributed by atoms with E-state index < -0.39 is 10.8 Å². The zero-order valence-corrected chi connectivity index (χ0v) is 12.9. The third-order valence-corrected chi connectivity index (χ3v) is 7.28. The molecule has 0 saturated carbocycles. The van der Waals surface area contributed by atoms with Crippen LogP contribution in [0.1, 0.15) is 23.5 Å². The molecule has 1 nitrogen and oxygen atoms in total. The van der Waals surface area contributed by atoms with Gasteiger partial charge in [-0.05, 0) is 23.3 Å². The highest BCUT2D eigenvalue weighted by molar-refractivity contribution is 8.11. The Hall–Kier alpha value is -1.06. The Labute approximate surface area is 127 Å². The minimum atomic E-state index is -0.746. The molecule has 1 aliphatic heterocycles. The average molecular weight is 302 g/mol. The van der Waals surface area contributed by atoms with E-state index in [1.807, 2.05) is 23.9 Å². The molecular formula is C17H18OS2. The van der Waals surface area contributed by atoms with Crippen molar-refractivity contribution in [2.24, 2.45) is 0 Å². The maximum atomic E-state index is 12.5. The molecule has 1 unspecified atom stereocenters. The maximum absolute atomic E-state index is 12.5. The minimum Gasteiger partial charge on any atom is -0.258 e. The highest BCUT2D eigenvalue weighted by Crippen LogP contribution is 2.39. The summed E-state index contributed by atoms with van der Waals surface area (Å²) in [6.45, 7) is 0. The Morgan fingerprint density at radius 1 is 0.950 bits per heavy atom. The van der Waals surface area contributed by atoms with Crippen LogP contribution in [0.2, 0.25) is 0 Å². The predicted molar refractivity (Wildman–Crippen MR) is 88.6 cm³/mol. The van der Waals surface area contributed by atoms with Crippen LogP contribution in [0.25, 0.3) is 0 Å². The summed E-state index contributed by atoms with van der Waals surface area (Å²) in [4.78, 5) is 0. The molecule has 1 aliphatic rings. The Morgan fingerprint density at radius 2 is 1.50 bits per heavy atom. The van der Waals surface area contributed by atoms with Gasteiger partial charge >= 0.3 is 0 Å². The predicted octanol–water partition coefficient (Wildman–Crippen LogP) is 4.03. The second-order valence-corrected chi connectivity index (χ2v) is 8.20. The molecule has 2 atom stereocenters. The van der Waals surface area contributed by atoms with E-state index in [1.165, 1.54) is 11.1 Å². The fourth-order valence-electron chi connectivity index (χ4n) is 2.67. The van der Waals surface area contributed by atoms with Gasteiger partial charge in [-0.3, -0.25) is 4.21 Å². The lowest BCUT2D eigenvalue weighted by Crippen LogP contribution is -2.27. The van der Waals surface area contributed by atoms with Crippen LogP contribution < -0.4 is 0 Å². The molecule has 0 radical (unpaired) electrons. The molecule has 0 spiro atoms. The average Bonchev–Trinajstić information content (AvgIpc) is 2.52. The molecule has 2 aromatic carbocycles. The van der Waals surface area contributed by atoms with Gasteiger partial charge in [-0.25, -0.2) is 0 Å². The van der Waals surface area contributed by atoms with Crippen LogP contribution in [0.5, 0.6) is 0 Å². The zero-order chi connectivity index (χ0) is 13.8. The molecule has 0 bridgehead atoms. The topological polar surface area (TPSA) is 17.1 Å². The summed E-state index contributed by atoms with van der Waals surface area (Å²) in [5.41, 5.74) is 2.54. The Morgan fingerprint density at radius 3 is 2.00 bits per heavy atom. The SMILES string of the molecule is O=S1CCCS[C@@H]1C(c1ccccc1)c1ccccc1. The van der Waals surface area contributed by atoms with E-state index in [2.05, 4.69) is 48.5 Å². The molecule has 3 rings (SSSR count). The first kappa shape index (κ1) is 13.9. The van der Waals surface area contributed by atoms with Crippen LogP contribution in [0.3, 0.4) is 0 Å². The molecule has 1 saturated heterocycles. The van der Waals surface area contributed by atoms with E-state index in [0.717, 1.165) is 17.9 Å². The van der Waals surface area contributed by atoms with Gasteiger partial charge in [0.25, 0.3) is 0 Å². The smallest absolute Gasteiger partial charge is 0.0910 e. The van der Waals surface area contributed by atoms with Crippen molar-refractivity contribution in [3.8, 4) is 0 Å². The van der Waals surface area contributed by atoms with Crippen LogP contribution in [-0.2, 0) is 10.8 Å². The van der Waals surface area contributed by atoms with Crippen molar-refractivity contribution < 1.29 is 4.21 Å². The molecular weight excluding hydrogens is 284 g/mol. The lowest BCUT2D eigenvalue weighted by Gasteiger charge is -2.30. The first-order chi connectivity index (χ1) is 9.86. The number of hydrogen-bond donors (Lipinski definition) is 0. The van der Waals surface area contributed by atoms with Gasteiger partial charge in [0.2, 0.25) is 0 Å². The summed E-state index contributed by atoms with van der Waals surface area (Å²) in [6.07, 6.45) is 1.07. The van der Waals surface area contributed by atoms with Crippen molar-refractivity contribution in [2.45, 2.75) is 16.9 Å². The normalized spacial score (nSPS) is 22.9. The number of hydrogen-bond acceptors (Lipinski definition) is 2. The molecule has 0 aromatic heterocycles. The third-order valence-electron chi connectivity index (χ3n) is 3.62. The van der Waals surface area contributed by atoms with E-state index in [1.54, 1.807) is 0 Å². The highest BCUT2D eigenvalue weighted by Gasteiger charge is 2.32. The van der Waals surface area contributed by atoms with Gasteiger partial charge in [0.15, 0.2) is 0 Å². The van der Waals surface area contributed by atoms with E-state index in [9.17, 15) is 4.21 Å². The molecule has 1 heterocycles. The van der Waals surface area contributed by atoms with Crippen LogP contribution in [0.4, 0.5) is 0 Å². The quantitative estimate of drug-likeness (QED) is 0.851. The highest BCUT2D eigenvalue weighted by atomic mass is 32.2. The number of thioether (sulfide) groups is 1. The molecule has 3 heteroatoms. The van der Waals surface area contributed by atoms with Crippen molar-refractivity contribution in [3.05, 3.63) is 71.8 Å². The number of benzene rings is 2. The lowest BCUT2D eigenvalue weighted by atomic mass is 9.93.